The van der Waals surface area contributed by atoms with Crippen LogP contribution in [0, 0.1) is 11.3 Å². The lowest BCUT2D eigenvalue weighted by atomic mass is 10.0. The Labute approximate surface area is 79.9 Å². The molecule has 0 atom stereocenters. The molecule has 0 aliphatic heterocycles. The minimum Gasteiger partial charge on any atom is -0.380 e. The monoisotopic (exact) mass is 182 g/mol. The van der Waals surface area contributed by atoms with Gasteiger partial charge in [0.15, 0.2) is 0 Å². The molecule has 0 aromatic carbocycles. The number of ether oxygens (including phenoxy) is 1. The molecule has 1 saturated carbocycles. The molecule has 2 N–H and O–H groups in total. The van der Waals surface area contributed by atoms with Crippen molar-refractivity contribution in [1.82, 2.24) is 0 Å². The zero-order valence-corrected chi connectivity index (χ0v) is 8.09. The Bertz CT molecular complexity index is 180. The van der Waals surface area contributed by atoms with Gasteiger partial charge in [-0.1, -0.05) is 12.8 Å². The van der Waals surface area contributed by atoms with Crippen molar-refractivity contribution in [2.45, 2.75) is 44.1 Å². The molecule has 3 nitrogen and oxygen atoms in total. The summed E-state index contributed by atoms with van der Waals surface area (Å²) in [6, 6.07) is 2.09. The minimum atomic E-state index is -0.0629. The second kappa shape index (κ2) is 5.21. The van der Waals surface area contributed by atoms with Gasteiger partial charge in [0.05, 0.1) is 12.7 Å². The van der Waals surface area contributed by atoms with E-state index in [-0.39, 0.29) is 5.54 Å². The van der Waals surface area contributed by atoms with Crippen LogP contribution in [-0.4, -0.2) is 18.8 Å². The molecule has 0 bridgehead atoms. The molecule has 0 unspecified atom stereocenters. The minimum absolute atomic E-state index is 0.0629. The third kappa shape index (κ3) is 3.75. The van der Waals surface area contributed by atoms with Crippen LogP contribution in [0.1, 0.15) is 38.5 Å². The van der Waals surface area contributed by atoms with Gasteiger partial charge >= 0.3 is 0 Å². The summed E-state index contributed by atoms with van der Waals surface area (Å²) in [6.45, 7) is 1.34. The fourth-order valence-corrected chi connectivity index (χ4v) is 1.75. The van der Waals surface area contributed by atoms with Crippen LogP contribution in [0.15, 0.2) is 0 Å². The van der Waals surface area contributed by atoms with Gasteiger partial charge in [-0.05, 0) is 19.3 Å². The largest absolute Gasteiger partial charge is 0.380 e. The fourth-order valence-electron chi connectivity index (χ4n) is 1.75. The van der Waals surface area contributed by atoms with Crippen molar-refractivity contribution < 1.29 is 4.74 Å². The van der Waals surface area contributed by atoms with Crippen LogP contribution in [-0.2, 0) is 4.74 Å². The predicted molar refractivity (Wildman–Crippen MR) is 51.1 cm³/mol. The van der Waals surface area contributed by atoms with Gasteiger partial charge in [-0.15, -0.1) is 0 Å². The predicted octanol–water partition coefficient (Wildman–Crippen LogP) is 1.58. The van der Waals surface area contributed by atoms with Gasteiger partial charge in [-0.25, -0.2) is 0 Å². The van der Waals surface area contributed by atoms with Crippen LogP contribution in [0.25, 0.3) is 0 Å². The molecule has 0 saturated heterocycles. The Kier molecular flexibility index (Phi) is 4.20. The molecule has 13 heavy (non-hydrogen) atoms. The zero-order chi connectivity index (χ0) is 9.57. The quantitative estimate of drug-likeness (QED) is 0.657. The number of unbranched alkanes of at least 4 members (excludes halogenated alkanes) is 1. The van der Waals surface area contributed by atoms with E-state index in [1.54, 1.807) is 0 Å². The van der Waals surface area contributed by atoms with E-state index < -0.39 is 0 Å². The van der Waals surface area contributed by atoms with Crippen LogP contribution in [0.5, 0.6) is 0 Å². The van der Waals surface area contributed by atoms with E-state index in [9.17, 15) is 0 Å². The topological polar surface area (TPSA) is 59.0 Å². The zero-order valence-electron chi connectivity index (χ0n) is 8.09. The van der Waals surface area contributed by atoms with E-state index in [1.165, 1.54) is 12.8 Å². The normalized spacial score (nSPS) is 20.0. The van der Waals surface area contributed by atoms with Gasteiger partial charge in [0.1, 0.15) is 0 Å². The number of rotatable bonds is 5. The highest BCUT2D eigenvalue weighted by molar-refractivity contribution is 4.88. The summed E-state index contributed by atoms with van der Waals surface area (Å²) < 4.78 is 5.45. The molecule has 1 fully saturated rings. The maximum Gasteiger partial charge on any atom is 0.0646 e. The Morgan fingerprint density at radius 1 is 1.38 bits per heavy atom. The lowest BCUT2D eigenvalue weighted by Gasteiger charge is -2.22. The number of hydrogen-bond donors (Lipinski definition) is 1. The van der Waals surface area contributed by atoms with Crippen molar-refractivity contribution in [3.8, 4) is 6.07 Å². The van der Waals surface area contributed by atoms with E-state index in [2.05, 4.69) is 6.07 Å². The first-order valence-electron chi connectivity index (χ1n) is 5.00. The molecule has 3 heteroatoms. The summed E-state index contributed by atoms with van der Waals surface area (Å²) in [5.74, 6) is 0. The van der Waals surface area contributed by atoms with E-state index in [4.69, 9.17) is 15.7 Å². The third-order valence-corrected chi connectivity index (χ3v) is 2.57. The average Bonchev–Trinajstić information content (AvgIpc) is 2.53. The number of nitrogens with two attached hydrogens (primary N) is 1. The summed E-state index contributed by atoms with van der Waals surface area (Å²) in [6.07, 6.45) is 6.05. The molecule has 0 radical (unpaired) electrons. The molecule has 0 heterocycles. The molecule has 74 valence electrons. The SMILES string of the molecule is N#CCCCOCC1(N)CCCC1. The van der Waals surface area contributed by atoms with Crippen LogP contribution < -0.4 is 5.73 Å². The lowest BCUT2D eigenvalue weighted by molar-refractivity contribution is 0.0857. The highest BCUT2D eigenvalue weighted by Gasteiger charge is 2.29. The van der Waals surface area contributed by atoms with E-state index in [0.29, 0.717) is 19.6 Å². The maximum absolute atomic E-state index is 8.30. The fraction of sp³-hybridized carbons (Fsp3) is 0.900. The molecule has 1 aliphatic rings. The molecule has 0 aromatic heterocycles. The molecule has 0 aromatic rings. The van der Waals surface area contributed by atoms with Gasteiger partial charge in [0.25, 0.3) is 0 Å². The first-order chi connectivity index (χ1) is 6.27. The van der Waals surface area contributed by atoms with Crippen molar-refractivity contribution in [2.24, 2.45) is 5.73 Å². The summed E-state index contributed by atoms with van der Waals surface area (Å²) in [5, 5.41) is 8.30. The standard InChI is InChI=1S/C10H18N2O/c11-7-3-4-8-13-9-10(12)5-1-2-6-10/h1-6,8-9,12H2. The number of nitrogens with zero attached hydrogens (tertiary/aromatic N) is 1. The Balaban J connectivity index is 2.02. The Morgan fingerprint density at radius 3 is 2.69 bits per heavy atom. The van der Waals surface area contributed by atoms with Crippen molar-refractivity contribution in [3.05, 3.63) is 0 Å². The van der Waals surface area contributed by atoms with Crippen molar-refractivity contribution in [1.29, 1.82) is 5.26 Å². The van der Waals surface area contributed by atoms with Crippen molar-refractivity contribution in [3.63, 3.8) is 0 Å². The lowest BCUT2D eigenvalue weighted by Crippen LogP contribution is -2.41. The van der Waals surface area contributed by atoms with Crippen LogP contribution in [0.4, 0.5) is 0 Å². The van der Waals surface area contributed by atoms with Crippen LogP contribution in [0.3, 0.4) is 0 Å². The first kappa shape index (κ1) is 10.5. The number of hydrogen-bond acceptors (Lipinski definition) is 3. The maximum atomic E-state index is 8.30. The van der Waals surface area contributed by atoms with Gasteiger partial charge in [-0.3, -0.25) is 0 Å². The second-order valence-electron chi connectivity index (χ2n) is 3.88. The second-order valence-corrected chi connectivity index (χ2v) is 3.88. The molecule has 0 amide bonds. The smallest absolute Gasteiger partial charge is 0.0646 e. The molecule has 1 rings (SSSR count). The summed E-state index contributed by atoms with van der Waals surface area (Å²) in [5.41, 5.74) is 6.02. The van der Waals surface area contributed by atoms with Gasteiger partial charge in [-0.2, -0.15) is 5.26 Å². The third-order valence-electron chi connectivity index (χ3n) is 2.57. The van der Waals surface area contributed by atoms with Gasteiger partial charge < -0.3 is 10.5 Å². The summed E-state index contributed by atoms with van der Waals surface area (Å²) >= 11 is 0. The summed E-state index contributed by atoms with van der Waals surface area (Å²) in [4.78, 5) is 0. The van der Waals surface area contributed by atoms with E-state index in [1.807, 2.05) is 0 Å². The summed E-state index contributed by atoms with van der Waals surface area (Å²) in [7, 11) is 0. The Morgan fingerprint density at radius 2 is 2.08 bits per heavy atom. The molecule has 0 spiro atoms. The van der Waals surface area contributed by atoms with Crippen LogP contribution >= 0.6 is 0 Å². The Hall–Kier alpha value is -0.590. The van der Waals surface area contributed by atoms with Crippen LogP contribution in [0.2, 0.25) is 0 Å². The average molecular weight is 182 g/mol. The molecular formula is C10H18N2O. The molecule has 1 aliphatic carbocycles. The number of nitriles is 1. The van der Waals surface area contributed by atoms with Gasteiger partial charge in [0.2, 0.25) is 0 Å². The molecular weight excluding hydrogens is 164 g/mol. The highest BCUT2D eigenvalue weighted by atomic mass is 16.5. The van der Waals surface area contributed by atoms with Crippen molar-refractivity contribution >= 4 is 0 Å². The highest BCUT2D eigenvalue weighted by Crippen LogP contribution is 2.27. The first-order valence-corrected chi connectivity index (χ1v) is 5.00. The van der Waals surface area contributed by atoms with E-state index in [0.717, 1.165) is 19.3 Å². The van der Waals surface area contributed by atoms with Gasteiger partial charge in [0, 0.05) is 18.6 Å². The van der Waals surface area contributed by atoms with Crippen molar-refractivity contribution in [2.75, 3.05) is 13.2 Å². The van der Waals surface area contributed by atoms with E-state index >= 15 is 0 Å².